The maximum absolute atomic E-state index is 9.43. The van der Waals surface area contributed by atoms with Gasteiger partial charge < -0.3 is 10.1 Å². The average molecular weight is 156 g/mol. The molecule has 0 aromatic heterocycles. The molecule has 2 unspecified atom stereocenters. The van der Waals surface area contributed by atoms with E-state index < -0.39 is 12.9 Å². The normalized spacial score (nSPS) is 37.4. The summed E-state index contributed by atoms with van der Waals surface area (Å²) in [5, 5.41) is 18.9. The summed E-state index contributed by atoms with van der Waals surface area (Å²) < 4.78 is 0. The summed E-state index contributed by atoms with van der Waals surface area (Å²) in [6, 6.07) is -0.520. The van der Waals surface area contributed by atoms with E-state index in [0.717, 1.165) is 12.8 Å². The molecule has 0 spiro atoms. The zero-order chi connectivity index (χ0) is 8.65. The summed E-state index contributed by atoms with van der Waals surface area (Å²) in [6.07, 6.45) is 1.73. The molecule has 1 aliphatic heterocycles. The zero-order valence-electron chi connectivity index (χ0n) is 7.54. The molecule has 0 saturated carbocycles. The Balaban J connectivity index is 2.62. The summed E-state index contributed by atoms with van der Waals surface area (Å²) in [6.45, 7) is 5.76. The van der Waals surface area contributed by atoms with Crippen LogP contribution < -0.4 is 0 Å². The smallest absolute Gasteiger partial charge is 0.321 e. The molecule has 2 atom stereocenters. The van der Waals surface area contributed by atoms with Crippen molar-refractivity contribution in [2.75, 3.05) is 0 Å². The van der Waals surface area contributed by atoms with Gasteiger partial charge in [-0.05, 0) is 24.1 Å². The van der Waals surface area contributed by atoms with Crippen LogP contribution in [0.5, 0.6) is 0 Å². The fraction of sp³-hybridized carbons (Fsp3) is 1.00. The first kappa shape index (κ1) is 9.08. The van der Waals surface area contributed by atoms with Gasteiger partial charge >= 0.3 is 6.92 Å². The predicted octanol–water partition coefficient (Wildman–Crippen LogP) is 1.08. The van der Waals surface area contributed by atoms with E-state index in [4.69, 9.17) is 0 Å². The lowest BCUT2D eigenvalue weighted by Crippen LogP contribution is -2.44. The maximum atomic E-state index is 9.43. The van der Waals surface area contributed by atoms with Crippen LogP contribution in [0.1, 0.15) is 33.6 Å². The minimum Gasteiger partial charge on any atom is -0.448 e. The van der Waals surface area contributed by atoms with Crippen LogP contribution in [-0.2, 0) is 0 Å². The molecule has 0 aromatic carbocycles. The lowest BCUT2D eigenvalue weighted by molar-refractivity contribution is 0.128. The van der Waals surface area contributed by atoms with Gasteiger partial charge in [-0.1, -0.05) is 20.8 Å². The Morgan fingerprint density at radius 1 is 1.36 bits per heavy atom. The molecule has 64 valence electrons. The van der Waals surface area contributed by atoms with Crippen LogP contribution in [0.2, 0.25) is 5.82 Å². The summed E-state index contributed by atoms with van der Waals surface area (Å²) >= 11 is 0. The van der Waals surface area contributed by atoms with Crippen molar-refractivity contribution in [1.29, 1.82) is 0 Å². The molecular formula is C8H17BO2. The second kappa shape index (κ2) is 2.79. The largest absolute Gasteiger partial charge is 0.448 e. The molecule has 2 N–H and O–H groups in total. The minimum absolute atomic E-state index is 0.193. The van der Waals surface area contributed by atoms with Crippen LogP contribution in [0.25, 0.3) is 0 Å². The highest BCUT2D eigenvalue weighted by Gasteiger charge is 2.40. The van der Waals surface area contributed by atoms with Gasteiger partial charge in [-0.2, -0.15) is 0 Å². The molecule has 1 saturated heterocycles. The van der Waals surface area contributed by atoms with Gasteiger partial charge in [0.05, 0.1) is 6.00 Å². The van der Waals surface area contributed by atoms with Crippen LogP contribution >= 0.6 is 0 Å². The fourth-order valence-corrected chi connectivity index (χ4v) is 2.14. The van der Waals surface area contributed by atoms with E-state index in [0.29, 0.717) is 0 Å². The first-order chi connectivity index (χ1) is 4.92. The van der Waals surface area contributed by atoms with Crippen LogP contribution in [0.4, 0.5) is 0 Å². The highest BCUT2D eigenvalue weighted by atomic mass is 16.3. The molecule has 0 bridgehead atoms. The molecular weight excluding hydrogens is 139 g/mol. The van der Waals surface area contributed by atoms with E-state index in [1.165, 1.54) is 0 Å². The number of hydrogen-bond donors (Lipinski definition) is 2. The van der Waals surface area contributed by atoms with E-state index >= 15 is 0 Å². The fourth-order valence-electron chi connectivity index (χ4n) is 2.14. The molecule has 0 radical (unpaired) electrons. The lowest BCUT2D eigenvalue weighted by atomic mass is 9.43. The molecule has 1 heterocycles. The van der Waals surface area contributed by atoms with Crippen molar-refractivity contribution in [3.63, 3.8) is 0 Å². The number of aliphatic hydroxyl groups excluding tert-OH is 1. The Morgan fingerprint density at radius 3 is 2.36 bits per heavy atom. The molecule has 11 heavy (non-hydrogen) atoms. The van der Waals surface area contributed by atoms with Gasteiger partial charge in [0.15, 0.2) is 0 Å². The molecule has 0 aliphatic carbocycles. The Bertz CT molecular complexity index is 133. The van der Waals surface area contributed by atoms with Gasteiger partial charge in [-0.25, -0.2) is 0 Å². The monoisotopic (exact) mass is 156 g/mol. The molecule has 1 rings (SSSR count). The highest BCUT2D eigenvalue weighted by Crippen LogP contribution is 2.39. The van der Waals surface area contributed by atoms with Gasteiger partial charge in [-0.3, -0.25) is 0 Å². The standard InChI is InChI=1S/C8H17BO2/c1-6-4-8(2,3)5-7(10)9(6)11/h6-7,10-11H,4-5H2,1-3H3. The van der Waals surface area contributed by atoms with Crippen molar-refractivity contribution in [2.24, 2.45) is 5.41 Å². The van der Waals surface area contributed by atoms with Crippen molar-refractivity contribution >= 4 is 6.92 Å². The highest BCUT2D eigenvalue weighted by molar-refractivity contribution is 6.53. The van der Waals surface area contributed by atoms with Crippen LogP contribution in [-0.4, -0.2) is 23.0 Å². The molecule has 1 aliphatic rings. The van der Waals surface area contributed by atoms with Crippen molar-refractivity contribution in [3.8, 4) is 0 Å². The van der Waals surface area contributed by atoms with Gasteiger partial charge in [0.1, 0.15) is 0 Å². The van der Waals surface area contributed by atoms with Crippen molar-refractivity contribution in [3.05, 3.63) is 0 Å². The summed E-state index contributed by atoms with van der Waals surface area (Å²) in [5.74, 6) is 0.230. The van der Waals surface area contributed by atoms with Crippen molar-refractivity contribution in [1.82, 2.24) is 0 Å². The third kappa shape index (κ3) is 1.97. The zero-order valence-corrected chi connectivity index (χ0v) is 7.54. The van der Waals surface area contributed by atoms with Crippen molar-refractivity contribution in [2.45, 2.75) is 45.4 Å². The van der Waals surface area contributed by atoms with Gasteiger partial charge in [0.2, 0.25) is 0 Å². The second-order valence-corrected chi connectivity index (χ2v) is 4.61. The van der Waals surface area contributed by atoms with E-state index in [1.54, 1.807) is 0 Å². The third-order valence-corrected chi connectivity index (χ3v) is 2.61. The predicted molar refractivity (Wildman–Crippen MR) is 46.4 cm³/mol. The van der Waals surface area contributed by atoms with E-state index in [-0.39, 0.29) is 11.2 Å². The Labute approximate surface area is 68.7 Å². The number of hydrogen-bond acceptors (Lipinski definition) is 2. The Kier molecular flexibility index (Phi) is 2.31. The lowest BCUT2D eigenvalue weighted by Gasteiger charge is -2.38. The SMILES string of the molecule is CC1CC(C)(C)CC(O)B1O. The molecule has 0 aromatic rings. The van der Waals surface area contributed by atoms with Gasteiger partial charge in [-0.15, -0.1) is 0 Å². The molecule has 0 amide bonds. The average Bonchev–Trinajstić information content (AvgIpc) is 1.81. The maximum Gasteiger partial charge on any atom is 0.321 e. The van der Waals surface area contributed by atoms with E-state index in [2.05, 4.69) is 13.8 Å². The van der Waals surface area contributed by atoms with Gasteiger partial charge in [0.25, 0.3) is 0 Å². The second-order valence-electron chi connectivity index (χ2n) is 4.61. The minimum atomic E-state index is -0.520. The third-order valence-electron chi connectivity index (χ3n) is 2.61. The topological polar surface area (TPSA) is 40.5 Å². The first-order valence-corrected chi connectivity index (χ1v) is 4.28. The van der Waals surface area contributed by atoms with Crippen molar-refractivity contribution < 1.29 is 10.1 Å². The van der Waals surface area contributed by atoms with E-state index in [1.807, 2.05) is 6.92 Å². The molecule has 3 heteroatoms. The Hall–Kier alpha value is -0.0151. The summed E-state index contributed by atoms with van der Waals surface area (Å²) in [4.78, 5) is 0. The molecule has 2 nitrogen and oxygen atoms in total. The number of rotatable bonds is 0. The summed E-state index contributed by atoms with van der Waals surface area (Å²) in [7, 11) is 0. The van der Waals surface area contributed by atoms with Crippen LogP contribution in [0.3, 0.4) is 0 Å². The molecule has 1 fully saturated rings. The van der Waals surface area contributed by atoms with E-state index in [9.17, 15) is 10.1 Å². The number of aliphatic hydroxyl groups is 1. The van der Waals surface area contributed by atoms with Crippen LogP contribution in [0.15, 0.2) is 0 Å². The summed E-state index contributed by atoms with van der Waals surface area (Å²) in [5.41, 5.74) is 0.193. The quantitative estimate of drug-likeness (QED) is 0.515. The van der Waals surface area contributed by atoms with Crippen LogP contribution in [0, 0.1) is 5.41 Å². The van der Waals surface area contributed by atoms with Gasteiger partial charge in [0, 0.05) is 0 Å². The first-order valence-electron chi connectivity index (χ1n) is 4.28. The Morgan fingerprint density at radius 2 is 1.91 bits per heavy atom.